The third kappa shape index (κ3) is 7.80. The number of sulfonamides is 1. The molecule has 0 bridgehead atoms. The summed E-state index contributed by atoms with van der Waals surface area (Å²) >= 11 is 1.35. The van der Waals surface area contributed by atoms with Gasteiger partial charge in [0.25, 0.3) is 5.91 Å². The third-order valence-corrected chi connectivity index (χ3v) is 6.65. The second-order valence-corrected chi connectivity index (χ2v) is 8.94. The van der Waals surface area contributed by atoms with Crippen LogP contribution < -0.4 is 19.7 Å². The van der Waals surface area contributed by atoms with Crippen LogP contribution in [0.1, 0.15) is 12.5 Å². The zero-order valence-corrected chi connectivity index (χ0v) is 18.8. The van der Waals surface area contributed by atoms with Gasteiger partial charge in [0.05, 0.1) is 12.0 Å². The molecule has 0 fully saturated rings. The van der Waals surface area contributed by atoms with Gasteiger partial charge < -0.3 is 9.47 Å². The van der Waals surface area contributed by atoms with Crippen LogP contribution in [0.15, 0.2) is 53.4 Å². The first-order valence-corrected chi connectivity index (χ1v) is 11.8. The summed E-state index contributed by atoms with van der Waals surface area (Å²) in [5, 5.41) is 9.00. The molecule has 1 amide bonds. The van der Waals surface area contributed by atoms with Gasteiger partial charge in [0, 0.05) is 11.5 Å². The summed E-state index contributed by atoms with van der Waals surface area (Å²) in [6.45, 7) is 1.89. The number of nitrogens with one attached hydrogen (secondary N) is 2. The van der Waals surface area contributed by atoms with E-state index in [2.05, 4.69) is 16.6 Å². The Morgan fingerprint density at radius 1 is 1.13 bits per heavy atom. The van der Waals surface area contributed by atoms with Gasteiger partial charge in [-0.1, -0.05) is 18.1 Å². The van der Waals surface area contributed by atoms with E-state index in [1.165, 1.54) is 41.5 Å². The number of carbonyl (C=O) groups excluding carboxylic acids is 1. The lowest BCUT2D eigenvalue weighted by Crippen LogP contribution is -2.47. The van der Waals surface area contributed by atoms with Crippen molar-refractivity contribution in [2.75, 3.05) is 19.5 Å². The standard InChI is InChI=1S/C21H24N2O6S2/c1-3-4-13-29-18-9-11-19(12-10-18)31(26,27)23-20(21(24)22-25)15-30-14-16-5-7-17(28-2)8-6-16/h5-12,20,23,25H,13-15H2,1-2H3,(H,22,24). The van der Waals surface area contributed by atoms with Crippen molar-refractivity contribution in [1.29, 1.82) is 0 Å². The minimum absolute atomic E-state index is 0.0303. The Balaban J connectivity index is 2.00. The summed E-state index contributed by atoms with van der Waals surface area (Å²) < 4.78 is 38.2. The fourth-order valence-electron chi connectivity index (χ4n) is 2.42. The minimum atomic E-state index is -4.00. The summed E-state index contributed by atoms with van der Waals surface area (Å²) in [5.41, 5.74) is 2.50. The average Bonchev–Trinajstić information content (AvgIpc) is 2.78. The van der Waals surface area contributed by atoms with Gasteiger partial charge in [-0.2, -0.15) is 16.5 Å². The number of thioether (sulfide) groups is 1. The second kappa shape index (κ2) is 12.2. The average molecular weight is 465 g/mol. The number of amides is 1. The molecule has 2 aromatic carbocycles. The summed E-state index contributed by atoms with van der Waals surface area (Å²) in [4.78, 5) is 12.0. The smallest absolute Gasteiger partial charge is 0.262 e. The first-order valence-electron chi connectivity index (χ1n) is 9.19. The van der Waals surface area contributed by atoms with Crippen molar-refractivity contribution in [3.63, 3.8) is 0 Å². The molecular formula is C21H24N2O6S2. The summed E-state index contributed by atoms with van der Waals surface area (Å²) in [7, 11) is -2.42. The zero-order chi connectivity index (χ0) is 22.7. The number of methoxy groups -OCH3 is 1. The molecule has 2 aromatic rings. The molecule has 0 aliphatic rings. The van der Waals surface area contributed by atoms with Gasteiger partial charge in [-0.05, 0) is 48.9 Å². The van der Waals surface area contributed by atoms with Crippen molar-refractivity contribution in [2.24, 2.45) is 0 Å². The molecule has 0 aliphatic carbocycles. The van der Waals surface area contributed by atoms with E-state index in [4.69, 9.17) is 14.7 Å². The number of carbonyl (C=O) groups is 1. The Kier molecular flexibility index (Phi) is 9.68. The van der Waals surface area contributed by atoms with Crippen molar-refractivity contribution in [3.05, 3.63) is 54.1 Å². The Labute approximate surface area is 186 Å². The molecule has 10 heteroatoms. The number of hydrogen-bond donors (Lipinski definition) is 3. The maximum Gasteiger partial charge on any atom is 0.262 e. The highest BCUT2D eigenvalue weighted by molar-refractivity contribution is 7.98. The normalized spacial score (nSPS) is 11.7. The Morgan fingerprint density at radius 2 is 1.77 bits per heavy atom. The monoisotopic (exact) mass is 464 g/mol. The molecule has 0 saturated heterocycles. The van der Waals surface area contributed by atoms with Crippen LogP contribution in [0.3, 0.4) is 0 Å². The summed E-state index contributed by atoms with van der Waals surface area (Å²) in [5.74, 6) is 6.47. The van der Waals surface area contributed by atoms with Gasteiger partial charge in [0.2, 0.25) is 10.0 Å². The van der Waals surface area contributed by atoms with Crippen LogP contribution in [0.5, 0.6) is 11.5 Å². The molecule has 0 saturated carbocycles. The van der Waals surface area contributed by atoms with E-state index in [0.29, 0.717) is 11.5 Å². The van der Waals surface area contributed by atoms with Crippen molar-refractivity contribution in [3.8, 4) is 23.3 Å². The molecule has 0 aromatic heterocycles. The maximum atomic E-state index is 12.7. The van der Waals surface area contributed by atoms with E-state index in [0.717, 1.165) is 11.3 Å². The van der Waals surface area contributed by atoms with Gasteiger partial charge in [-0.3, -0.25) is 10.0 Å². The predicted octanol–water partition coefficient (Wildman–Crippen LogP) is 2.18. The van der Waals surface area contributed by atoms with Crippen LogP contribution in [-0.2, 0) is 20.6 Å². The van der Waals surface area contributed by atoms with E-state index in [1.54, 1.807) is 14.0 Å². The van der Waals surface area contributed by atoms with Crippen LogP contribution in [0.4, 0.5) is 0 Å². The first kappa shape index (κ1) is 24.6. The summed E-state index contributed by atoms with van der Waals surface area (Å²) in [6, 6.07) is 12.0. The van der Waals surface area contributed by atoms with Gasteiger partial charge in [0.15, 0.2) is 0 Å². The fourth-order valence-corrected chi connectivity index (χ4v) is 4.74. The van der Waals surface area contributed by atoms with E-state index >= 15 is 0 Å². The number of hydroxylamine groups is 1. The van der Waals surface area contributed by atoms with Gasteiger partial charge in [-0.25, -0.2) is 13.9 Å². The molecule has 0 aliphatic heterocycles. The highest BCUT2D eigenvalue weighted by Crippen LogP contribution is 2.19. The summed E-state index contributed by atoms with van der Waals surface area (Å²) in [6.07, 6.45) is 0. The third-order valence-electron chi connectivity index (χ3n) is 4.06. The molecule has 1 atom stereocenters. The quantitative estimate of drug-likeness (QED) is 0.265. The van der Waals surface area contributed by atoms with Crippen LogP contribution >= 0.6 is 11.8 Å². The molecule has 0 heterocycles. The van der Waals surface area contributed by atoms with Crippen molar-refractivity contribution >= 4 is 27.7 Å². The maximum absolute atomic E-state index is 12.7. The molecule has 0 spiro atoms. The SMILES string of the molecule is CC#CCOc1ccc(S(=O)(=O)NC(CSCc2ccc(OC)cc2)C(=O)NO)cc1. The van der Waals surface area contributed by atoms with Crippen molar-refractivity contribution in [1.82, 2.24) is 10.2 Å². The van der Waals surface area contributed by atoms with Gasteiger partial charge in [-0.15, -0.1) is 5.92 Å². The minimum Gasteiger partial charge on any atom is -0.497 e. The van der Waals surface area contributed by atoms with Crippen molar-refractivity contribution < 1.29 is 27.9 Å². The van der Waals surface area contributed by atoms with Gasteiger partial charge >= 0.3 is 0 Å². The molecular weight excluding hydrogens is 440 g/mol. The van der Waals surface area contributed by atoms with E-state index in [9.17, 15) is 13.2 Å². The molecule has 166 valence electrons. The molecule has 1 unspecified atom stereocenters. The molecule has 2 rings (SSSR count). The first-order chi connectivity index (χ1) is 14.9. The molecule has 0 radical (unpaired) electrons. The van der Waals surface area contributed by atoms with Crippen molar-refractivity contribution in [2.45, 2.75) is 23.6 Å². The Bertz CT molecular complexity index is 1010. The lowest BCUT2D eigenvalue weighted by molar-refractivity contribution is -0.130. The van der Waals surface area contributed by atoms with E-state index < -0.39 is 22.0 Å². The lowest BCUT2D eigenvalue weighted by atomic mass is 10.2. The van der Waals surface area contributed by atoms with E-state index in [1.807, 2.05) is 24.3 Å². The Hall–Kier alpha value is -2.71. The molecule has 8 nitrogen and oxygen atoms in total. The highest BCUT2D eigenvalue weighted by atomic mass is 32.2. The van der Waals surface area contributed by atoms with E-state index in [-0.39, 0.29) is 17.3 Å². The van der Waals surface area contributed by atoms with Crippen LogP contribution in [-0.4, -0.2) is 45.0 Å². The Morgan fingerprint density at radius 3 is 2.35 bits per heavy atom. The topological polar surface area (TPSA) is 114 Å². The largest absolute Gasteiger partial charge is 0.497 e. The number of benzene rings is 2. The van der Waals surface area contributed by atoms with Crippen LogP contribution in [0, 0.1) is 11.8 Å². The number of rotatable bonds is 11. The highest BCUT2D eigenvalue weighted by Gasteiger charge is 2.25. The van der Waals surface area contributed by atoms with Gasteiger partial charge in [0.1, 0.15) is 24.1 Å². The van der Waals surface area contributed by atoms with Crippen LogP contribution in [0.2, 0.25) is 0 Å². The number of ether oxygens (including phenoxy) is 2. The fraction of sp³-hybridized carbons (Fsp3) is 0.286. The zero-order valence-electron chi connectivity index (χ0n) is 17.1. The molecule has 3 N–H and O–H groups in total. The second-order valence-electron chi connectivity index (χ2n) is 6.20. The number of hydrogen-bond acceptors (Lipinski definition) is 7. The van der Waals surface area contributed by atoms with Crippen LogP contribution in [0.25, 0.3) is 0 Å². The lowest BCUT2D eigenvalue weighted by Gasteiger charge is -2.17. The predicted molar refractivity (Wildman–Crippen MR) is 119 cm³/mol. The molecule has 31 heavy (non-hydrogen) atoms.